The molecule has 6 heteroatoms. The van der Waals surface area contributed by atoms with E-state index in [1.54, 1.807) is 36.7 Å². The number of hydrogen-bond acceptors (Lipinski definition) is 4. The zero-order chi connectivity index (χ0) is 17.3. The molecule has 2 aromatic rings. The third kappa shape index (κ3) is 3.04. The number of aromatic nitrogens is 1. The van der Waals surface area contributed by atoms with Crippen LogP contribution >= 0.6 is 0 Å². The van der Waals surface area contributed by atoms with E-state index in [0.717, 1.165) is 25.8 Å². The Hall–Kier alpha value is -2.63. The number of rotatable bonds is 2. The first-order valence-corrected chi connectivity index (χ1v) is 8.69. The molecule has 0 N–H and O–H groups in total. The fraction of sp³-hybridized carbons (Fsp3) is 0.421. The molecule has 4 heterocycles. The minimum absolute atomic E-state index is 0.00162. The van der Waals surface area contributed by atoms with Crippen molar-refractivity contribution in [2.75, 3.05) is 26.2 Å². The van der Waals surface area contributed by atoms with Crippen LogP contribution in [0.15, 0.2) is 47.3 Å². The Morgan fingerprint density at radius 3 is 2.60 bits per heavy atom. The average molecular weight is 339 g/mol. The smallest absolute Gasteiger partial charge is 0.289 e. The highest BCUT2D eigenvalue weighted by molar-refractivity contribution is 5.94. The van der Waals surface area contributed by atoms with Crippen LogP contribution in [0.4, 0.5) is 0 Å². The second kappa shape index (κ2) is 6.35. The van der Waals surface area contributed by atoms with Gasteiger partial charge in [0.05, 0.1) is 11.8 Å². The summed E-state index contributed by atoms with van der Waals surface area (Å²) in [4.78, 5) is 33.1. The Morgan fingerprint density at radius 2 is 1.88 bits per heavy atom. The van der Waals surface area contributed by atoms with Gasteiger partial charge in [0.15, 0.2) is 5.76 Å². The van der Waals surface area contributed by atoms with Crippen molar-refractivity contribution in [3.63, 3.8) is 0 Å². The molecule has 25 heavy (non-hydrogen) atoms. The Bertz CT molecular complexity index is 759. The van der Waals surface area contributed by atoms with Gasteiger partial charge in [-0.05, 0) is 43.5 Å². The summed E-state index contributed by atoms with van der Waals surface area (Å²) in [6, 6.07) is 7.02. The van der Waals surface area contributed by atoms with E-state index in [0.29, 0.717) is 31.0 Å². The monoisotopic (exact) mass is 339 g/mol. The second-order valence-electron chi connectivity index (χ2n) is 7.03. The van der Waals surface area contributed by atoms with Crippen LogP contribution in [0.25, 0.3) is 0 Å². The first-order chi connectivity index (χ1) is 12.2. The lowest BCUT2D eigenvalue weighted by molar-refractivity contribution is 0.0511. The van der Waals surface area contributed by atoms with Gasteiger partial charge in [-0.15, -0.1) is 0 Å². The molecule has 2 aromatic heterocycles. The highest BCUT2D eigenvalue weighted by Gasteiger charge is 2.44. The number of likely N-dealkylation sites (tertiary alicyclic amines) is 2. The molecule has 2 aliphatic rings. The molecular weight excluding hydrogens is 318 g/mol. The molecule has 0 aliphatic carbocycles. The Balaban J connectivity index is 1.46. The van der Waals surface area contributed by atoms with Crippen LogP contribution in [0.5, 0.6) is 0 Å². The van der Waals surface area contributed by atoms with E-state index in [-0.39, 0.29) is 17.2 Å². The lowest BCUT2D eigenvalue weighted by Gasteiger charge is -2.40. The van der Waals surface area contributed by atoms with Gasteiger partial charge < -0.3 is 14.2 Å². The number of carbonyl (C=O) groups excluding carboxylic acids is 2. The molecule has 0 unspecified atom stereocenters. The van der Waals surface area contributed by atoms with Crippen molar-refractivity contribution in [1.82, 2.24) is 14.8 Å². The van der Waals surface area contributed by atoms with Crippen molar-refractivity contribution in [2.45, 2.75) is 19.3 Å². The third-order valence-corrected chi connectivity index (χ3v) is 5.31. The second-order valence-corrected chi connectivity index (χ2v) is 7.03. The van der Waals surface area contributed by atoms with Gasteiger partial charge in [0.2, 0.25) is 0 Å². The van der Waals surface area contributed by atoms with Crippen LogP contribution in [0.3, 0.4) is 0 Å². The maximum absolute atomic E-state index is 12.7. The molecule has 0 radical (unpaired) electrons. The topological polar surface area (TPSA) is 66.7 Å². The standard InChI is InChI=1S/C19H21N3O3/c23-17(15-4-1-8-20-12-15)21-9-3-6-19(13-21)7-10-22(14-19)18(24)16-5-2-11-25-16/h1-2,4-5,8,11-12H,3,6-7,9-10,13-14H2/t19-/m1/s1. The number of piperidine rings is 1. The maximum atomic E-state index is 12.7. The summed E-state index contributed by atoms with van der Waals surface area (Å²) in [6.45, 7) is 2.86. The van der Waals surface area contributed by atoms with E-state index in [2.05, 4.69) is 4.98 Å². The van der Waals surface area contributed by atoms with Crippen LogP contribution in [-0.4, -0.2) is 52.8 Å². The lowest BCUT2D eigenvalue weighted by atomic mass is 9.79. The SMILES string of the molecule is O=C(c1cccnc1)N1CCC[C@@]2(CCN(C(=O)c3ccco3)C2)C1. The molecule has 2 aliphatic heterocycles. The van der Waals surface area contributed by atoms with E-state index >= 15 is 0 Å². The molecule has 4 rings (SSSR count). The van der Waals surface area contributed by atoms with E-state index in [1.165, 1.54) is 6.26 Å². The van der Waals surface area contributed by atoms with Crippen molar-refractivity contribution in [1.29, 1.82) is 0 Å². The Kier molecular flexibility index (Phi) is 4.03. The lowest BCUT2D eigenvalue weighted by Crippen LogP contribution is -2.47. The van der Waals surface area contributed by atoms with E-state index in [9.17, 15) is 9.59 Å². The fourth-order valence-electron chi connectivity index (χ4n) is 4.05. The summed E-state index contributed by atoms with van der Waals surface area (Å²) in [5, 5.41) is 0. The molecule has 1 atom stereocenters. The number of carbonyl (C=O) groups is 2. The minimum atomic E-state index is -0.0578. The summed E-state index contributed by atoms with van der Waals surface area (Å²) in [5.41, 5.74) is 0.624. The predicted molar refractivity (Wildman–Crippen MR) is 91.0 cm³/mol. The number of hydrogen-bond donors (Lipinski definition) is 0. The highest BCUT2D eigenvalue weighted by atomic mass is 16.3. The molecule has 2 fully saturated rings. The predicted octanol–water partition coefficient (Wildman–Crippen LogP) is 2.44. The third-order valence-electron chi connectivity index (χ3n) is 5.31. The molecule has 130 valence electrons. The van der Waals surface area contributed by atoms with Gasteiger partial charge in [-0.1, -0.05) is 0 Å². The number of amides is 2. The van der Waals surface area contributed by atoms with Crippen LogP contribution in [0, 0.1) is 5.41 Å². The van der Waals surface area contributed by atoms with Crippen LogP contribution in [0.2, 0.25) is 0 Å². The molecule has 6 nitrogen and oxygen atoms in total. The zero-order valence-electron chi connectivity index (χ0n) is 14.1. The quantitative estimate of drug-likeness (QED) is 0.843. The number of furan rings is 1. The first kappa shape index (κ1) is 15.9. The molecule has 2 amide bonds. The van der Waals surface area contributed by atoms with Crippen LogP contribution in [0.1, 0.15) is 40.2 Å². The van der Waals surface area contributed by atoms with E-state index in [4.69, 9.17) is 4.42 Å². The first-order valence-electron chi connectivity index (χ1n) is 8.69. The molecule has 0 saturated carbocycles. The van der Waals surface area contributed by atoms with Gasteiger partial charge in [0.25, 0.3) is 11.8 Å². The molecule has 0 bridgehead atoms. The van der Waals surface area contributed by atoms with E-state index < -0.39 is 0 Å². The Labute approximate surface area is 146 Å². The molecule has 1 spiro atoms. The summed E-state index contributed by atoms with van der Waals surface area (Å²) >= 11 is 0. The summed E-state index contributed by atoms with van der Waals surface area (Å²) in [7, 11) is 0. The minimum Gasteiger partial charge on any atom is -0.459 e. The van der Waals surface area contributed by atoms with Gasteiger partial charge in [0.1, 0.15) is 0 Å². The molecule has 2 saturated heterocycles. The summed E-state index contributed by atoms with van der Waals surface area (Å²) < 4.78 is 5.24. The van der Waals surface area contributed by atoms with Gasteiger partial charge in [-0.2, -0.15) is 0 Å². The molecular formula is C19H21N3O3. The average Bonchev–Trinajstić information content (AvgIpc) is 3.32. The van der Waals surface area contributed by atoms with Crippen molar-refractivity contribution >= 4 is 11.8 Å². The van der Waals surface area contributed by atoms with Crippen LogP contribution < -0.4 is 0 Å². The maximum Gasteiger partial charge on any atom is 0.289 e. The van der Waals surface area contributed by atoms with Gasteiger partial charge >= 0.3 is 0 Å². The highest BCUT2D eigenvalue weighted by Crippen LogP contribution is 2.39. The number of pyridine rings is 1. The van der Waals surface area contributed by atoms with Crippen molar-refractivity contribution in [3.8, 4) is 0 Å². The molecule has 0 aromatic carbocycles. The normalized spacial score (nSPS) is 23.2. The summed E-state index contributed by atoms with van der Waals surface area (Å²) in [5.74, 6) is 0.358. The van der Waals surface area contributed by atoms with Gasteiger partial charge in [-0.25, -0.2) is 0 Å². The fourth-order valence-corrected chi connectivity index (χ4v) is 4.05. The zero-order valence-corrected chi connectivity index (χ0v) is 14.1. The number of nitrogens with zero attached hydrogens (tertiary/aromatic N) is 3. The van der Waals surface area contributed by atoms with Crippen molar-refractivity contribution in [2.24, 2.45) is 5.41 Å². The van der Waals surface area contributed by atoms with Crippen LogP contribution in [-0.2, 0) is 0 Å². The Morgan fingerprint density at radius 1 is 1.04 bits per heavy atom. The van der Waals surface area contributed by atoms with Crippen molar-refractivity contribution < 1.29 is 14.0 Å². The van der Waals surface area contributed by atoms with Gasteiger partial charge in [-0.3, -0.25) is 14.6 Å². The van der Waals surface area contributed by atoms with Crippen molar-refractivity contribution in [3.05, 3.63) is 54.2 Å². The largest absolute Gasteiger partial charge is 0.459 e. The summed E-state index contributed by atoms with van der Waals surface area (Å²) in [6.07, 6.45) is 7.75. The van der Waals surface area contributed by atoms with Gasteiger partial charge in [0, 0.05) is 44.0 Å². The van der Waals surface area contributed by atoms with E-state index in [1.807, 2.05) is 9.80 Å².